The van der Waals surface area contributed by atoms with Gasteiger partial charge in [-0.3, -0.25) is 0 Å². The Morgan fingerprint density at radius 2 is 2.43 bits per heavy atom. The van der Waals surface area contributed by atoms with E-state index in [1.807, 2.05) is 18.7 Å². The van der Waals surface area contributed by atoms with E-state index in [9.17, 15) is 0 Å². The summed E-state index contributed by atoms with van der Waals surface area (Å²) in [6.45, 7) is 1.84. The summed E-state index contributed by atoms with van der Waals surface area (Å²) in [5, 5.41) is 4.19. The molecule has 14 heavy (non-hydrogen) atoms. The van der Waals surface area contributed by atoms with Crippen LogP contribution in [0.3, 0.4) is 0 Å². The number of hydrogen-bond donors (Lipinski definition) is 0. The molecule has 0 amide bonds. The van der Waals surface area contributed by atoms with Crippen molar-refractivity contribution < 1.29 is 4.52 Å². The second-order valence-corrected chi connectivity index (χ2v) is 5.43. The Hall–Kier alpha value is -0.220. The summed E-state index contributed by atoms with van der Waals surface area (Å²) >= 11 is 7.77. The van der Waals surface area contributed by atoms with E-state index >= 15 is 0 Å². The zero-order valence-electron chi connectivity index (χ0n) is 8.07. The van der Waals surface area contributed by atoms with Gasteiger partial charge in [0.15, 0.2) is 5.82 Å². The molecule has 2 unspecified atom stereocenters. The van der Waals surface area contributed by atoms with Gasteiger partial charge in [0.25, 0.3) is 0 Å². The van der Waals surface area contributed by atoms with Crippen molar-refractivity contribution in [3.63, 3.8) is 0 Å². The van der Waals surface area contributed by atoms with E-state index in [1.54, 1.807) is 0 Å². The molecule has 1 aliphatic rings. The number of nitrogens with zero attached hydrogens (tertiary/aromatic N) is 2. The summed E-state index contributed by atoms with van der Waals surface area (Å²) in [7, 11) is 0. The normalized spacial score (nSPS) is 24.9. The molecule has 1 saturated heterocycles. The Morgan fingerprint density at radius 3 is 3.00 bits per heavy atom. The molecule has 0 bridgehead atoms. The first-order chi connectivity index (χ1) is 6.77. The van der Waals surface area contributed by atoms with Crippen molar-refractivity contribution in [2.45, 2.75) is 36.8 Å². The number of alkyl halides is 1. The first kappa shape index (κ1) is 10.3. The van der Waals surface area contributed by atoms with E-state index in [2.05, 4.69) is 10.1 Å². The molecule has 1 fully saturated rings. The van der Waals surface area contributed by atoms with Gasteiger partial charge in [-0.1, -0.05) is 11.6 Å². The Bertz CT molecular complexity index is 297. The topological polar surface area (TPSA) is 38.9 Å². The van der Waals surface area contributed by atoms with Gasteiger partial charge in [-0.25, -0.2) is 0 Å². The highest BCUT2D eigenvalue weighted by molar-refractivity contribution is 7.99. The lowest BCUT2D eigenvalue weighted by Gasteiger charge is -2.17. The average molecular weight is 233 g/mol. The molecule has 0 radical (unpaired) electrons. The monoisotopic (exact) mass is 232 g/mol. The molecular weight excluding hydrogens is 220 g/mol. The fourth-order valence-electron chi connectivity index (χ4n) is 1.48. The highest BCUT2D eigenvalue weighted by atomic mass is 35.5. The van der Waals surface area contributed by atoms with Crippen LogP contribution in [0.4, 0.5) is 0 Å². The molecule has 2 rings (SSSR count). The van der Waals surface area contributed by atoms with E-state index in [1.165, 1.54) is 18.6 Å². The van der Waals surface area contributed by atoms with Gasteiger partial charge in [0.1, 0.15) is 5.38 Å². The summed E-state index contributed by atoms with van der Waals surface area (Å²) in [4.78, 5) is 4.30. The third-order valence-corrected chi connectivity index (χ3v) is 3.83. The summed E-state index contributed by atoms with van der Waals surface area (Å²) in [5.41, 5.74) is 0. The van der Waals surface area contributed by atoms with Crippen molar-refractivity contribution >= 4 is 23.4 Å². The maximum Gasteiger partial charge on any atom is 0.244 e. The van der Waals surface area contributed by atoms with Crippen LogP contribution in [0.5, 0.6) is 0 Å². The Balaban J connectivity index is 2.07. The summed E-state index contributed by atoms with van der Waals surface area (Å²) in [6, 6.07) is 0. The second kappa shape index (κ2) is 4.53. The van der Waals surface area contributed by atoms with Crippen LogP contribution in [0, 0.1) is 0 Å². The molecule has 1 aromatic rings. The van der Waals surface area contributed by atoms with Crippen LogP contribution in [0.25, 0.3) is 0 Å². The van der Waals surface area contributed by atoms with Crippen molar-refractivity contribution in [1.82, 2.24) is 10.1 Å². The largest absolute Gasteiger partial charge is 0.338 e. The zero-order chi connectivity index (χ0) is 9.97. The van der Waals surface area contributed by atoms with Crippen LogP contribution in [-0.4, -0.2) is 15.9 Å². The molecule has 3 nitrogen and oxygen atoms in total. The average Bonchev–Trinajstić information content (AvgIpc) is 2.68. The molecule has 0 spiro atoms. The number of rotatable bonds is 2. The van der Waals surface area contributed by atoms with Crippen molar-refractivity contribution in [2.24, 2.45) is 0 Å². The molecule has 1 aliphatic heterocycles. The number of hydrogen-bond acceptors (Lipinski definition) is 4. The fourth-order valence-corrected chi connectivity index (χ4v) is 2.81. The summed E-state index contributed by atoms with van der Waals surface area (Å²) < 4.78 is 5.07. The number of thioether (sulfide) groups is 1. The van der Waals surface area contributed by atoms with E-state index in [4.69, 9.17) is 16.1 Å². The Morgan fingerprint density at radius 1 is 1.57 bits per heavy atom. The molecule has 1 aromatic heterocycles. The van der Waals surface area contributed by atoms with Crippen molar-refractivity contribution in [2.75, 3.05) is 5.75 Å². The fraction of sp³-hybridized carbons (Fsp3) is 0.778. The third-order valence-electron chi connectivity index (χ3n) is 2.27. The van der Waals surface area contributed by atoms with Gasteiger partial charge in [0, 0.05) is 0 Å². The number of halogens is 1. The highest BCUT2D eigenvalue weighted by Crippen LogP contribution is 2.37. The van der Waals surface area contributed by atoms with Crippen LogP contribution in [-0.2, 0) is 0 Å². The van der Waals surface area contributed by atoms with E-state index in [0.717, 1.165) is 12.2 Å². The van der Waals surface area contributed by atoms with Crippen LogP contribution < -0.4 is 0 Å². The predicted molar refractivity (Wildman–Crippen MR) is 57.6 cm³/mol. The van der Waals surface area contributed by atoms with E-state index in [0.29, 0.717) is 11.1 Å². The minimum atomic E-state index is -0.190. The maximum atomic E-state index is 5.85. The maximum absolute atomic E-state index is 5.85. The van der Waals surface area contributed by atoms with Crippen LogP contribution in [0.1, 0.15) is 48.5 Å². The molecular formula is C9H13ClN2OS. The van der Waals surface area contributed by atoms with Crippen LogP contribution >= 0.6 is 23.4 Å². The van der Waals surface area contributed by atoms with Crippen molar-refractivity contribution in [1.29, 1.82) is 0 Å². The first-order valence-electron chi connectivity index (χ1n) is 4.86. The van der Waals surface area contributed by atoms with Gasteiger partial charge in [0.05, 0.1) is 5.25 Å². The molecule has 0 aromatic carbocycles. The highest BCUT2D eigenvalue weighted by Gasteiger charge is 2.22. The summed E-state index contributed by atoms with van der Waals surface area (Å²) in [5.74, 6) is 2.55. The molecule has 0 saturated carbocycles. The van der Waals surface area contributed by atoms with Gasteiger partial charge in [-0.05, 0) is 25.5 Å². The predicted octanol–water partition coefficient (Wildman–Crippen LogP) is 3.33. The Labute approximate surface area is 92.6 Å². The second-order valence-electron chi connectivity index (χ2n) is 3.46. The van der Waals surface area contributed by atoms with Gasteiger partial charge in [-0.15, -0.1) is 11.6 Å². The van der Waals surface area contributed by atoms with Crippen LogP contribution in [0.15, 0.2) is 4.52 Å². The molecule has 0 aliphatic carbocycles. The summed E-state index contributed by atoms with van der Waals surface area (Å²) in [6.07, 6.45) is 3.72. The molecule has 78 valence electrons. The third kappa shape index (κ3) is 2.23. The Kier molecular flexibility index (Phi) is 3.34. The number of aromatic nitrogens is 2. The van der Waals surface area contributed by atoms with E-state index in [-0.39, 0.29) is 5.38 Å². The van der Waals surface area contributed by atoms with Gasteiger partial charge in [0.2, 0.25) is 5.89 Å². The molecule has 2 heterocycles. The standard InChI is InChI=1S/C9H13ClN2OS/c1-6(10)9-11-8(12-13-9)7-4-2-3-5-14-7/h6-7H,2-5H2,1H3. The van der Waals surface area contributed by atoms with Gasteiger partial charge >= 0.3 is 0 Å². The molecule has 5 heteroatoms. The molecule has 0 N–H and O–H groups in total. The SMILES string of the molecule is CC(Cl)c1nc(C2CCCCS2)no1. The van der Waals surface area contributed by atoms with Crippen LogP contribution in [0.2, 0.25) is 0 Å². The van der Waals surface area contributed by atoms with Gasteiger partial charge < -0.3 is 4.52 Å². The van der Waals surface area contributed by atoms with Crippen molar-refractivity contribution in [3.8, 4) is 0 Å². The minimum absolute atomic E-state index is 0.190. The molecule has 2 atom stereocenters. The van der Waals surface area contributed by atoms with Crippen molar-refractivity contribution in [3.05, 3.63) is 11.7 Å². The van der Waals surface area contributed by atoms with E-state index < -0.39 is 0 Å². The first-order valence-corrected chi connectivity index (χ1v) is 6.35. The minimum Gasteiger partial charge on any atom is -0.338 e. The lowest BCUT2D eigenvalue weighted by molar-refractivity contribution is 0.372. The lowest BCUT2D eigenvalue weighted by Crippen LogP contribution is -2.03. The smallest absolute Gasteiger partial charge is 0.244 e. The van der Waals surface area contributed by atoms with Gasteiger partial charge in [-0.2, -0.15) is 16.7 Å². The lowest BCUT2D eigenvalue weighted by atomic mass is 10.2. The zero-order valence-corrected chi connectivity index (χ0v) is 9.64. The quantitative estimate of drug-likeness (QED) is 0.734.